The van der Waals surface area contributed by atoms with Crippen LogP contribution in [-0.4, -0.2) is 19.9 Å². The van der Waals surface area contributed by atoms with E-state index in [9.17, 15) is 0 Å². The van der Waals surface area contributed by atoms with Crippen LogP contribution in [0.1, 0.15) is 22.9 Å². The molecule has 2 rings (SSSR count). The summed E-state index contributed by atoms with van der Waals surface area (Å²) in [5, 5.41) is 3.27. The van der Waals surface area contributed by atoms with Gasteiger partial charge in [-0.2, -0.15) is 0 Å². The van der Waals surface area contributed by atoms with E-state index < -0.39 is 0 Å². The van der Waals surface area contributed by atoms with E-state index in [-0.39, 0.29) is 0 Å². The molecule has 0 aromatic carbocycles. The zero-order chi connectivity index (χ0) is 12.1. The quantitative estimate of drug-likeness (QED) is 0.852. The van der Waals surface area contributed by atoms with Crippen LogP contribution in [0.25, 0.3) is 0 Å². The molecule has 0 radical (unpaired) electrons. The van der Waals surface area contributed by atoms with Crippen LogP contribution in [-0.2, 0) is 13.1 Å². The van der Waals surface area contributed by atoms with Gasteiger partial charge in [0.15, 0.2) is 0 Å². The average molecular weight is 229 g/mol. The molecule has 0 atom stereocenters. The van der Waals surface area contributed by atoms with Gasteiger partial charge in [-0.25, -0.2) is 9.97 Å². The summed E-state index contributed by atoms with van der Waals surface area (Å²) in [5.41, 5.74) is 2.85. The standard InChI is InChI=1S/C12H15N5/c1-9-5-16-12(8-15-9)7-13-6-11-3-4-14-10(2)17-11/h3-5,8,13H,6-7H2,1-2H3. The topological polar surface area (TPSA) is 63.6 Å². The summed E-state index contributed by atoms with van der Waals surface area (Å²) in [4.78, 5) is 16.8. The van der Waals surface area contributed by atoms with Crippen LogP contribution in [0.4, 0.5) is 0 Å². The van der Waals surface area contributed by atoms with E-state index in [1.807, 2.05) is 19.9 Å². The summed E-state index contributed by atoms with van der Waals surface area (Å²) in [5.74, 6) is 0.791. The Labute approximate surface area is 100 Å². The van der Waals surface area contributed by atoms with Gasteiger partial charge in [0.1, 0.15) is 5.82 Å². The number of hydrogen-bond acceptors (Lipinski definition) is 5. The summed E-state index contributed by atoms with van der Waals surface area (Å²) in [6, 6.07) is 1.90. The Morgan fingerprint density at radius 3 is 2.53 bits per heavy atom. The van der Waals surface area contributed by atoms with E-state index in [2.05, 4.69) is 25.3 Å². The molecule has 0 spiro atoms. The number of nitrogens with one attached hydrogen (secondary N) is 1. The lowest BCUT2D eigenvalue weighted by atomic mass is 10.3. The highest BCUT2D eigenvalue weighted by molar-refractivity contribution is 5.03. The number of aryl methyl sites for hydroxylation is 2. The van der Waals surface area contributed by atoms with Gasteiger partial charge in [-0.05, 0) is 19.9 Å². The molecule has 0 fully saturated rings. The van der Waals surface area contributed by atoms with Crippen molar-refractivity contribution in [2.24, 2.45) is 0 Å². The van der Waals surface area contributed by atoms with Gasteiger partial charge in [-0.15, -0.1) is 0 Å². The molecular weight excluding hydrogens is 214 g/mol. The summed E-state index contributed by atoms with van der Waals surface area (Å²) >= 11 is 0. The molecule has 88 valence electrons. The molecule has 0 saturated carbocycles. The highest BCUT2D eigenvalue weighted by Crippen LogP contribution is 1.96. The minimum atomic E-state index is 0.691. The van der Waals surface area contributed by atoms with Gasteiger partial charge in [0.2, 0.25) is 0 Å². The molecule has 0 aliphatic carbocycles. The predicted octanol–water partition coefficient (Wildman–Crippen LogP) is 1.17. The number of rotatable bonds is 4. The highest BCUT2D eigenvalue weighted by Gasteiger charge is 1.97. The summed E-state index contributed by atoms with van der Waals surface area (Å²) in [7, 11) is 0. The van der Waals surface area contributed by atoms with Gasteiger partial charge in [0.05, 0.1) is 17.1 Å². The Hall–Kier alpha value is -1.88. The number of aromatic nitrogens is 4. The molecule has 0 amide bonds. The second-order valence-corrected chi connectivity index (χ2v) is 3.85. The normalized spacial score (nSPS) is 10.5. The Balaban J connectivity index is 1.85. The van der Waals surface area contributed by atoms with Crippen molar-refractivity contribution in [2.45, 2.75) is 26.9 Å². The van der Waals surface area contributed by atoms with Crippen LogP contribution in [0.3, 0.4) is 0 Å². The molecule has 0 bridgehead atoms. The Bertz CT molecular complexity index is 481. The first-order valence-electron chi connectivity index (χ1n) is 5.51. The van der Waals surface area contributed by atoms with Crippen molar-refractivity contribution in [3.8, 4) is 0 Å². The zero-order valence-corrected chi connectivity index (χ0v) is 10.0. The van der Waals surface area contributed by atoms with Crippen molar-refractivity contribution < 1.29 is 0 Å². The monoisotopic (exact) mass is 229 g/mol. The van der Waals surface area contributed by atoms with Crippen molar-refractivity contribution >= 4 is 0 Å². The molecule has 5 nitrogen and oxygen atoms in total. The largest absolute Gasteiger partial charge is 0.305 e. The summed E-state index contributed by atoms with van der Waals surface area (Å²) in [6.07, 6.45) is 5.32. The van der Waals surface area contributed by atoms with Crippen molar-refractivity contribution in [2.75, 3.05) is 0 Å². The summed E-state index contributed by atoms with van der Waals surface area (Å²) < 4.78 is 0. The minimum absolute atomic E-state index is 0.691. The second-order valence-electron chi connectivity index (χ2n) is 3.85. The Morgan fingerprint density at radius 2 is 1.82 bits per heavy atom. The van der Waals surface area contributed by atoms with E-state index >= 15 is 0 Å². The third-order valence-electron chi connectivity index (χ3n) is 2.28. The van der Waals surface area contributed by atoms with E-state index in [4.69, 9.17) is 0 Å². The van der Waals surface area contributed by atoms with E-state index in [1.54, 1.807) is 18.6 Å². The maximum Gasteiger partial charge on any atom is 0.125 e. The third-order valence-corrected chi connectivity index (χ3v) is 2.28. The van der Waals surface area contributed by atoms with Gasteiger partial charge >= 0.3 is 0 Å². The van der Waals surface area contributed by atoms with Crippen LogP contribution in [0.2, 0.25) is 0 Å². The Kier molecular flexibility index (Phi) is 3.72. The molecule has 0 saturated heterocycles. The van der Waals surface area contributed by atoms with E-state index in [0.29, 0.717) is 13.1 Å². The molecule has 2 heterocycles. The lowest BCUT2D eigenvalue weighted by Crippen LogP contribution is -2.15. The van der Waals surface area contributed by atoms with Gasteiger partial charge in [0, 0.05) is 31.7 Å². The average Bonchev–Trinajstić information content (AvgIpc) is 2.32. The van der Waals surface area contributed by atoms with E-state index in [1.165, 1.54) is 0 Å². The first-order chi connectivity index (χ1) is 8.24. The van der Waals surface area contributed by atoms with Crippen LogP contribution < -0.4 is 5.32 Å². The molecule has 2 aromatic rings. The molecule has 0 unspecified atom stereocenters. The van der Waals surface area contributed by atoms with Gasteiger partial charge < -0.3 is 5.32 Å². The van der Waals surface area contributed by atoms with E-state index in [0.717, 1.165) is 22.9 Å². The molecule has 2 aromatic heterocycles. The highest BCUT2D eigenvalue weighted by atomic mass is 14.9. The lowest BCUT2D eigenvalue weighted by Gasteiger charge is -2.04. The maximum atomic E-state index is 4.31. The summed E-state index contributed by atoms with van der Waals surface area (Å²) in [6.45, 7) is 5.21. The number of hydrogen-bond donors (Lipinski definition) is 1. The van der Waals surface area contributed by atoms with Crippen LogP contribution >= 0.6 is 0 Å². The molecule has 0 aliphatic rings. The smallest absolute Gasteiger partial charge is 0.125 e. The van der Waals surface area contributed by atoms with Gasteiger partial charge in [-0.1, -0.05) is 0 Å². The Morgan fingerprint density at radius 1 is 1.00 bits per heavy atom. The van der Waals surface area contributed by atoms with Crippen LogP contribution in [0, 0.1) is 13.8 Å². The minimum Gasteiger partial charge on any atom is -0.305 e. The predicted molar refractivity (Wildman–Crippen MR) is 64.1 cm³/mol. The number of nitrogens with zero attached hydrogens (tertiary/aromatic N) is 4. The fraction of sp³-hybridized carbons (Fsp3) is 0.333. The van der Waals surface area contributed by atoms with Crippen molar-refractivity contribution in [3.05, 3.63) is 47.6 Å². The molecule has 1 N–H and O–H groups in total. The maximum absolute atomic E-state index is 4.31. The van der Waals surface area contributed by atoms with Crippen molar-refractivity contribution in [1.82, 2.24) is 25.3 Å². The molecule has 17 heavy (non-hydrogen) atoms. The molecule has 5 heteroatoms. The zero-order valence-electron chi connectivity index (χ0n) is 10.0. The van der Waals surface area contributed by atoms with Gasteiger partial charge in [-0.3, -0.25) is 9.97 Å². The van der Waals surface area contributed by atoms with Crippen molar-refractivity contribution in [3.63, 3.8) is 0 Å². The SMILES string of the molecule is Cc1cnc(CNCc2ccnc(C)n2)cn1. The fourth-order valence-corrected chi connectivity index (χ4v) is 1.43. The third kappa shape index (κ3) is 3.57. The van der Waals surface area contributed by atoms with Crippen molar-refractivity contribution in [1.29, 1.82) is 0 Å². The second kappa shape index (κ2) is 5.45. The first-order valence-corrected chi connectivity index (χ1v) is 5.51. The van der Waals surface area contributed by atoms with Crippen LogP contribution in [0.5, 0.6) is 0 Å². The molecule has 0 aliphatic heterocycles. The fourth-order valence-electron chi connectivity index (χ4n) is 1.43. The first kappa shape index (κ1) is 11.6. The van der Waals surface area contributed by atoms with Crippen LogP contribution in [0.15, 0.2) is 24.7 Å². The lowest BCUT2D eigenvalue weighted by molar-refractivity contribution is 0.660. The molecular formula is C12H15N5. The van der Waals surface area contributed by atoms with Gasteiger partial charge in [0.25, 0.3) is 0 Å².